The lowest BCUT2D eigenvalue weighted by atomic mass is 9.63. The molecule has 1 atom stereocenters. The summed E-state index contributed by atoms with van der Waals surface area (Å²) in [6.07, 6.45) is 6.88. The Hall–Kier alpha value is -0.0800. The van der Waals surface area contributed by atoms with Crippen LogP contribution in [0.25, 0.3) is 0 Å². The smallest absolute Gasteiger partial charge is 0.0456 e. The lowest BCUT2D eigenvalue weighted by molar-refractivity contribution is -0.0604. The molecule has 2 heteroatoms. The van der Waals surface area contributed by atoms with Gasteiger partial charge in [0.05, 0.1) is 0 Å². The van der Waals surface area contributed by atoms with Crippen LogP contribution in [0.15, 0.2) is 0 Å². The normalized spacial score (nSPS) is 27.0. The average molecular weight is 197 g/mol. The Kier molecular flexibility index (Phi) is 3.13. The van der Waals surface area contributed by atoms with Gasteiger partial charge >= 0.3 is 0 Å². The molecular formula is C12H23NO. The Bertz CT molecular complexity index is 181. The first-order chi connectivity index (χ1) is 6.74. The summed E-state index contributed by atoms with van der Waals surface area (Å²) >= 11 is 0. The van der Waals surface area contributed by atoms with E-state index in [2.05, 4.69) is 11.8 Å². The van der Waals surface area contributed by atoms with Gasteiger partial charge < -0.3 is 10.0 Å². The molecule has 2 aliphatic rings. The van der Waals surface area contributed by atoms with E-state index < -0.39 is 0 Å². The first-order valence-electron chi connectivity index (χ1n) is 6.07. The molecule has 2 rings (SSSR count). The Morgan fingerprint density at radius 1 is 1.36 bits per heavy atom. The van der Waals surface area contributed by atoms with Gasteiger partial charge in [0.2, 0.25) is 0 Å². The Balaban J connectivity index is 1.52. The van der Waals surface area contributed by atoms with Crippen LogP contribution in [0.2, 0.25) is 0 Å². The van der Waals surface area contributed by atoms with Crippen molar-refractivity contribution in [1.29, 1.82) is 0 Å². The molecule has 0 aromatic heterocycles. The summed E-state index contributed by atoms with van der Waals surface area (Å²) in [4.78, 5) is 2.59. The molecule has 1 aliphatic heterocycles. The maximum Gasteiger partial charge on any atom is 0.0456 e. The minimum absolute atomic E-state index is 0.351. The average Bonchev–Trinajstić information content (AvgIpc) is 2.05. The number of hydrogen-bond donors (Lipinski definition) is 1. The molecule has 0 bridgehead atoms. The van der Waals surface area contributed by atoms with E-state index in [1.54, 1.807) is 0 Å². The third-order valence-electron chi connectivity index (χ3n) is 4.02. The minimum atomic E-state index is 0.351. The van der Waals surface area contributed by atoms with Crippen LogP contribution >= 0.6 is 0 Å². The molecule has 14 heavy (non-hydrogen) atoms. The SMILES string of the molecule is CC(CO)CCCN1CC2(CCC2)C1. The number of aliphatic hydroxyl groups is 1. The van der Waals surface area contributed by atoms with Crippen molar-refractivity contribution in [1.82, 2.24) is 4.90 Å². The van der Waals surface area contributed by atoms with Gasteiger partial charge in [0.15, 0.2) is 0 Å². The van der Waals surface area contributed by atoms with Gasteiger partial charge in [-0.25, -0.2) is 0 Å². The molecular weight excluding hydrogens is 174 g/mol. The molecule has 1 heterocycles. The summed E-state index contributed by atoms with van der Waals surface area (Å²) < 4.78 is 0. The molecule has 1 spiro atoms. The van der Waals surface area contributed by atoms with Crippen molar-refractivity contribution in [2.75, 3.05) is 26.2 Å². The van der Waals surface area contributed by atoms with Gasteiger partial charge in [-0.3, -0.25) is 0 Å². The lowest BCUT2D eigenvalue weighted by Crippen LogP contribution is -2.59. The summed E-state index contributed by atoms with van der Waals surface area (Å²) in [5, 5.41) is 8.89. The quantitative estimate of drug-likeness (QED) is 0.727. The van der Waals surface area contributed by atoms with Crippen LogP contribution in [0, 0.1) is 11.3 Å². The first kappa shape index (κ1) is 10.4. The van der Waals surface area contributed by atoms with Gasteiger partial charge in [0, 0.05) is 19.7 Å². The molecule has 0 aromatic carbocycles. The fourth-order valence-electron chi connectivity index (χ4n) is 2.81. The molecule has 2 fully saturated rings. The van der Waals surface area contributed by atoms with Gasteiger partial charge in [-0.15, -0.1) is 0 Å². The van der Waals surface area contributed by atoms with Crippen molar-refractivity contribution in [3.63, 3.8) is 0 Å². The predicted molar refractivity (Wildman–Crippen MR) is 58.2 cm³/mol. The summed E-state index contributed by atoms with van der Waals surface area (Å²) in [5.74, 6) is 0.494. The van der Waals surface area contributed by atoms with Crippen molar-refractivity contribution in [2.24, 2.45) is 11.3 Å². The van der Waals surface area contributed by atoms with Gasteiger partial charge in [-0.05, 0) is 43.6 Å². The molecule has 1 unspecified atom stereocenters. The van der Waals surface area contributed by atoms with E-state index in [-0.39, 0.29) is 0 Å². The zero-order valence-electron chi connectivity index (χ0n) is 9.34. The highest BCUT2D eigenvalue weighted by atomic mass is 16.3. The maximum atomic E-state index is 8.89. The van der Waals surface area contributed by atoms with Gasteiger partial charge in [-0.1, -0.05) is 13.3 Å². The fraction of sp³-hybridized carbons (Fsp3) is 1.00. The number of likely N-dealkylation sites (tertiary alicyclic amines) is 1. The first-order valence-corrected chi connectivity index (χ1v) is 6.07. The number of rotatable bonds is 5. The van der Waals surface area contributed by atoms with Crippen LogP contribution < -0.4 is 0 Å². The highest BCUT2D eigenvalue weighted by Gasteiger charge is 2.46. The van der Waals surface area contributed by atoms with Crippen molar-refractivity contribution in [3.8, 4) is 0 Å². The monoisotopic (exact) mass is 197 g/mol. The second-order valence-electron chi connectivity index (χ2n) is 5.49. The third kappa shape index (κ3) is 2.12. The zero-order chi connectivity index (χ0) is 10.0. The largest absolute Gasteiger partial charge is 0.396 e. The molecule has 82 valence electrons. The van der Waals surface area contributed by atoms with Crippen LogP contribution in [-0.2, 0) is 0 Å². The van der Waals surface area contributed by atoms with Gasteiger partial charge in [0.1, 0.15) is 0 Å². The van der Waals surface area contributed by atoms with E-state index in [0.717, 1.165) is 5.41 Å². The minimum Gasteiger partial charge on any atom is -0.396 e. The van der Waals surface area contributed by atoms with Gasteiger partial charge in [-0.2, -0.15) is 0 Å². The van der Waals surface area contributed by atoms with Crippen molar-refractivity contribution >= 4 is 0 Å². The second kappa shape index (κ2) is 4.19. The fourth-order valence-corrected chi connectivity index (χ4v) is 2.81. The highest BCUT2D eigenvalue weighted by Crippen LogP contribution is 2.47. The van der Waals surface area contributed by atoms with Crippen LogP contribution in [0.4, 0.5) is 0 Å². The van der Waals surface area contributed by atoms with Crippen molar-refractivity contribution in [2.45, 2.75) is 39.0 Å². The molecule has 0 aromatic rings. The molecule has 1 saturated heterocycles. The van der Waals surface area contributed by atoms with E-state index in [9.17, 15) is 0 Å². The second-order valence-corrected chi connectivity index (χ2v) is 5.49. The third-order valence-corrected chi connectivity index (χ3v) is 4.02. The van der Waals surface area contributed by atoms with Crippen LogP contribution in [0.1, 0.15) is 39.0 Å². The van der Waals surface area contributed by atoms with E-state index >= 15 is 0 Å². The van der Waals surface area contributed by atoms with E-state index in [4.69, 9.17) is 5.11 Å². The standard InChI is InChI=1S/C12H23NO/c1-11(8-14)4-2-7-13-9-12(10-13)5-3-6-12/h11,14H,2-10H2,1H3. The number of hydrogen-bond acceptors (Lipinski definition) is 2. The van der Waals surface area contributed by atoms with Crippen LogP contribution in [-0.4, -0.2) is 36.2 Å². The summed E-state index contributed by atoms with van der Waals surface area (Å²) in [6, 6.07) is 0. The summed E-state index contributed by atoms with van der Waals surface area (Å²) in [6.45, 7) is 6.46. The molecule has 1 saturated carbocycles. The van der Waals surface area contributed by atoms with Crippen molar-refractivity contribution in [3.05, 3.63) is 0 Å². The summed E-state index contributed by atoms with van der Waals surface area (Å²) in [7, 11) is 0. The van der Waals surface area contributed by atoms with Crippen LogP contribution in [0.5, 0.6) is 0 Å². The molecule has 2 nitrogen and oxygen atoms in total. The van der Waals surface area contributed by atoms with E-state index in [1.807, 2.05) is 0 Å². The van der Waals surface area contributed by atoms with Crippen LogP contribution in [0.3, 0.4) is 0 Å². The maximum absolute atomic E-state index is 8.89. The molecule has 1 N–H and O–H groups in total. The zero-order valence-corrected chi connectivity index (χ0v) is 9.34. The lowest BCUT2D eigenvalue weighted by Gasteiger charge is -2.56. The summed E-state index contributed by atoms with van der Waals surface area (Å²) in [5.41, 5.74) is 0.780. The van der Waals surface area contributed by atoms with Gasteiger partial charge in [0.25, 0.3) is 0 Å². The molecule has 0 radical (unpaired) electrons. The number of nitrogens with zero attached hydrogens (tertiary/aromatic N) is 1. The Morgan fingerprint density at radius 3 is 2.57 bits per heavy atom. The van der Waals surface area contributed by atoms with E-state index in [0.29, 0.717) is 12.5 Å². The Morgan fingerprint density at radius 2 is 2.07 bits per heavy atom. The molecule has 1 aliphatic carbocycles. The topological polar surface area (TPSA) is 23.5 Å². The van der Waals surface area contributed by atoms with E-state index in [1.165, 1.54) is 51.7 Å². The highest BCUT2D eigenvalue weighted by molar-refractivity contribution is 5.00. The van der Waals surface area contributed by atoms with Crippen molar-refractivity contribution < 1.29 is 5.11 Å². The Labute approximate surface area is 87.3 Å². The predicted octanol–water partition coefficient (Wildman–Crippen LogP) is 1.88. The number of aliphatic hydroxyl groups excluding tert-OH is 1. The molecule has 0 amide bonds.